The molecule has 1 aromatic carbocycles. The Bertz CT molecular complexity index is 947. The highest BCUT2D eigenvalue weighted by atomic mass is 16.9. The largest absolute Gasteiger partial charge is 0.487 e. The van der Waals surface area contributed by atoms with Crippen LogP contribution in [0.3, 0.4) is 0 Å². The van der Waals surface area contributed by atoms with Crippen LogP contribution in [-0.2, 0) is 16.1 Å². The van der Waals surface area contributed by atoms with Crippen molar-refractivity contribution in [3.63, 3.8) is 0 Å². The van der Waals surface area contributed by atoms with E-state index in [0.717, 1.165) is 74.7 Å². The van der Waals surface area contributed by atoms with Gasteiger partial charge in [-0.1, -0.05) is 44.8 Å². The third-order valence-electron chi connectivity index (χ3n) is 7.64. The number of hydrogen-bond acceptors (Lipinski definition) is 6. The lowest BCUT2D eigenvalue weighted by Gasteiger charge is -2.46. The molecule has 0 saturated carbocycles. The minimum absolute atomic E-state index is 0.0960. The topological polar surface area (TPSA) is 87.9 Å². The summed E-state index contributed by atoms with van der Waals surface area (Å²) in [7, 11) is 0. The average molecular weight is 502 g/mol. The van der Waals surface area contributed by atoms with Gasteiger partial charge in [0, 0.05) is 17.4 Å². The first-order chi connectivity index (χ1) is 17.2. The number of ether oxygens (including phenoxy) is 2. The molecule has 1 aliphatic carbocycles. The van der Waals surface area contributed by atoms with Crippen LogP contribution in [0.4, 0.5) is 0 Å². The highest BCUT2D eigenvalue weighted by Crippen LogP contribution is 2.54. The van der Waals surface area contributed by atoms with Gasteiger partial charge in [0.2, 0.25) is 0 Å². The second-order valence-corrected chi connectivity index (χ2v) is 11.0. The summed E-state index contributed by atoms with van der Waals surface area (Å²) in [5.74, 6) is 1.68. The van der Waals surface area contributed by atoms with Gasteiger partial charge in [-0.05, 0) is 83.4 Å². The Balaban J connectivity index is 1.90. The number of benzene rings is 1. The Hall–Kier alpha value is -2.57. The highest BCUT2D eigenvalue weighted by Gasteiger charge is 2.45. The molecular weight excluding hydrogens is 458 g/mol. The van der Waals surface area contributed by atoms with Crippen molar-refractivity contribution in [1.82, 2.24) is 0 Å². The summed E-state index contributed by atoms with van der Waals surface area (Å²) >= 11 is 0. The van der Waals surface area contributed by atoms with Gasteiger partial charge in [0.25, 0.3) is 5.09 Å². The molecule has 0 fully saturated rings. The number of hydrogen-bond donors (Lipinski definition) is 0. The molecule has 7 nitrogen and oxygen atoms in total. The van der Waals surface area contributed by atoms with Crippen LogP contribution in [0.25, 0.3) is 0 Å². The summed E-state index contributed by atoms with van der Waals surface area (Å²) in [4.78, 5) is 28.0. The van der Waals surface area contributed by atoms with Gasteiger partial charge in [-0.3, -0.25) is 4.79 Å². The van der Waals surface area contributed by atoms with Gasteiger partial charge in [0.05, 0.1) is 12.5 Å². The van der Waals surface area contributed by atoms with Crippen LogP contribution in [0, 0.1) is 22.0 Å². The molecule has 3 rings (SSSR count). The van der Waals surface area contributed by atoms with Gasteiger partial charge in [-0.15, -0.1) is 10.1 Å². The van der Waals surface area contributed by atoms with Gasteiger partial charge in [-0.2, -0.15) is 0 Å². The fraction of sp³-hybridized carbons (Fsp3) is 0.690. The van der Waals surface area contributed by atoms with E-state index in [2.05, 4.69) is 51.6 Å². The maximum absolute atomic E-state index is 13.3. The van der Waals surface area contributed by atoms with Crippen molar-refractivity contribution in [1.29, 1.82) is 0 Å². The number of unbranched alkanes of at least 4 members (excludes halogenated alkanes) is 2. The van der Waals surface area contributed by atoms with Crippen molar-refractivity contribution in [3.8, 4) is 11.5 Å². The van der Waals surface area contributed by atoms with E-state index in [4.69, 9.17) is 9.47 Å². The van der Waals surface area contributed by atoms with Gasteiger partial charge < -0.3 is 14.3 Å². The van der Waals surface area contributed by atoms with Gasteiger partial charge in [0.15, 0.2) is 0 Å². The first-order valence-electron chi connectivity index (χ1n) is 13.7. The minimum Gasteiger partial charge on any atom is -0.487 e. The summed E-state index contributed by atoms with van der Waals surface area (Å²) in [5.41, 5.74) is 3.11. The number of esters is 1. The molecule has 1 heterocycles. The smallest absolute Gasteiger partial charge is 0.314 e. The van der Waals surface area contributed by atoms with Crippen molar-refractivity contribution in [3.05, 3.63) is 45.0 Å². The molecule has 36 heavy (non-hydrogen) atoms. The maximum atomic E-state index is 13.3. The molecule has 200 valence electrons. The number of carbonyl (C=O) groups is 1. The van der Waals surface area contributed by atoms with Crippen LogP contribution < -0.4 is 9.47 Å². The average Bonchev–Trinajstić information content (AvgIpc) is 2.80. The predicted octanol–water partition coefficient (Wildman–Crippen LogP) is 7.34. The second-order valence-electron chi connectivity index (χ2n) is 11.0. The van der Waals surface area contributed by atoms with E-state index in [1.165, 1.54) is 5.57 Å². The van der Waals surface area contributed by atoms with Crippen LogP contribution in [0.1, 0.15) is 109 Å². The van der Waals surface area contributed by atoms with Crippen molar-refractivity contribution in [2.45, 2.75) is 110 Å². The van der Waals surface area contributed by atoms with Crippen LogP contribution >= 0.6 is 0 Å². The van der Waals surface area contributed by atoms with E-state index in [0.29, 0.717) is 18.1 Å². The molecule has 1 aromatic rings. The van der Waals surface area contributed by atoms with Crippen molar-refractivity contribution < 1.29 is 24.2 Å². The first kappa shape index (κ1) is 28.0. The van der Waals surface area contributed by atoms with Gasteiger partial charge >= 0.3 is 5.97 Å². The molecule has 1 aliphatic heterocycles. The Kier molecular flexibility index (Phi) is 9.80. The number of carbonyl (C=O) groups excluding carboxylic acids is 1. The van der Waals surface area contributed by atoms with Crippen LogP contribution in [0.15, 0.2) is 23.8 Å². The Morgan fingerprint density at radius 1 is 1.19 bits per heavy atom. The molecule has 0 saturated heterocycles. The van der Waals surface area contributed by atoms with Gasteiger partial charge in [-0.25, -0.2) is 0 Å². The second kappa shape index (κ2) is 12.6. The number of aryl methyl sites for hydroxylation is 1. The van der Waals surface area contributed by atoms with Crippen molar-refractivity contribution in [2.24, 2.45) is 11.8 Å². The fourth-order valence-corrected chi connectivity index (χ4v) is 5.81. The van der Waals surface area contributed by atoms with E-state index < -0.39 is 5.09 Å². The molecule has 7 heteroatoms. The van der Waals surface area contributed by atoms with E-state index in [9.17, 15) is 14.9 Å². The summed E-state index contributed by atoms with van der Waals surface area (Å²) in [6.45, 7) is 10.8. The third-order valence-corrected chi connectivity index (χ3v) is 7.64. The lowest BCUT2D eigenvalue weighted by atomic mass is 9.68. The van der Waals surface area contributed by atoms with E-state index >= 15 is 0 Å². The molecule has 0 spiro atoms. The first-order valence-corrected chi connectivity index (χ1v) is 13.7. The van der Waals surface area contributed by atoms with Crippen LogP contribution in [-0.4, -0.2) is 23.3 Å². The zero-order valence-corrected chi connectivity index (χ0v) is 22.6. The summed E-state index contributed by atoms with van der Waals surface area (Å²) in [6, 6.07) is 4.13. The highest BCUT2D eigenvalue weighted by molar-refractivity contribution is 5.76. The van der Waals surface area contributed by atoms with Crippen LogP contribution in [0.5, 0.6) is 11.5 Å². The van der Waals surface area contributed by atoms with E-state index in [-0.39, 0.29) is 30.0 Å². The van der Waals surface area contributed by atoms with Crippen molar-refractivity contribution >= 4 is 5.97 Å². The van der Waals surface area contributed by atoms with E-state index in [1.54, 1.807) is 0 Å². The number of fused-ring (bicyclic) bond motifs is 3. The Morgan fingerprint density at radius 3 is 2.58 bits per heavy atom. The maximum Gasteiger partial charge on any atom is 0.314 e. The predicted molar refractivity (Wildman–Crippen MR) is 140 cm³/mol. The SMILES string of the molecule is CCCC(CCC)C(=O)Oc1cc(CCCCCO[N+](=O)[O-])cc2c1[C@@H]1C=C(C)CC[C@H]1C(C)(C)O2. The zero-order chi connectivity index (χ0) is 26.3. The standard InChI is InChI=1S/C29H43NO6/c1-6-11-22(12-7-2)28(31)35-25-18-21(13-9-8-10-16-34-30(32)33)19-26-27(25)23-17-20(3)14-15-24(23)29(4,5)36-26/h17-19,22-24H,6-16H2,1-5H3/t23-,24-/m1/s1. The Labute approximate surface area is 215 Å². The Morgan fingerprint density at radius 2 is 1.92 bits per heavy atom. The molecule has 2 atom stereocenters. The molecule has 2 aliphatic rings. The molecule has 0 unspecified atom stereocenters. The molecular formula is C29H43NO6. The quantitative estimate of drug-likeness (QED) is 0.0701. The lowest BCUT2D eigenvalue weighted by molar-refractivity contribution is -0.757. The minimum atomic E-state index is -0.748. The van der Waals surface area contributed by atoms with Crippen LogP contribution in [0.2, 0.25) is 0 Å². The molecule has 0 bridgehead atoms. The lowest BCUT2D eigenvalue weighted by Crippen LogP contribution is -2.45. The summed E-state index contributed by atoms with van der Waals surface area (Å²) in [5, 5.41) is 9.59. The fourth-order valence-electron chi connectivity index (χ4n) is 5.81. The number of rotatable bonds is 13. The van der Waals surface area contributed by atoms with E-state index in [1.807, 2.05) is 6.07 Å². The summed E-state index contributed by atoms with van der Waals surface area (Å²) < 4.78 is 12.8. The summed E-state index contributed by atoms with van der Waals surface area (Å²) in [6.07, 6.45) is 11.1. The molecule has 0 radical (unpaired) electrons. The molecule has 0 N–H and O–H groups in total. The molecule has 0 aromatic heterocycles. The van der Waals surface area contributed by atoms with Crippen molar-refractivity contribution in [2.75, 3.05) is 6.61 Å². The monoisotopic (exact) mass is 501 g/mol. The number of allylic oxidation sites excluding steroid dienone is 2. The normalized spacial score (nSPS) is 20.1. The number of nitrogens with zero attached hydrogens (tertiary/aromatic N) is 1. The van der Waals surface area contributed by atoms with Gasteiger partial charge in [0.1, 0.15) is 17.1 Å². The third kappa shape index (κ3) is 7.01. The zero-order valence-electron chi connectivity index (χ0n) is 22.6. The molecule has 0 amide bonds.